The number of benzene rings is 2. The first-order chi connectivity index (χ1) is 17.2. The zero-order valence-electron chi connectivity index (χ0n) is 18.8. The second kappa shape index (κ2) is 10.3. The van der Waals surface area contributed by atoms with Gasteiger partial charge in [-0.2, -0.15) is 0 Å². The molecule has 1 aliphatic rings. The van der Waals surface area contributed by atoms with Crippen molar-refractivity contribution < 1.29 is 18.7 Å². The number of ether oxygens (including phenoxy) is 2. The Balaban J connectivity index is 1.32. The number of aromatic nitrogens is 4. The molecule has 0 radical (unpaired) electrons. The highest BCUT2D eigenvalue weighted by molar-refractivity contribution is 5.94. The van der Waals surface area contributed by atoms with Crippen LogP contribution in [-0.4, -0.2) is 43.8 Å². The molecule has 1 unspecified atom stereocenters. The van der Waals surface area contributed by atoms with Crippen molar-refractivity contribution in [2.24, 2.45) is 0 Å². The number of halogens is 1. The van der Waals surface area contributed by atoms with Crippen LogP contribution in [0.25, 0.3) is 0 Å². The number of carbonyl (C=O) groups excluding carboxylic acids is 1. The molecule has 3 heterocycles. The van der Waals surface area contributed by atoms with Crippen LogP contribution in [0.5, 0.6) is 23.4 Å². The lowest BCUT2D eigenvalue weighted by Gasteiger charge is -2.33. The van der Waals surface area contributed by atoms with E-state index in [-0.39, 0.29) is 17.8 Å². The fourth-order valence-corrected chi connectivity index (χ4v) is 4.04. The molecule has 2 aromatic carbocycles. The first kappa shape index (κ1) is 22.4. The van der Waals surface area contributed by atoms with Crippen molar-refractivity contribution in [1.82, 2.24) is 24.8 Å². The molecule has 1 atom stereocenters. The minimum absolute atomic E-state index is 0.0675. The number of piperidine rings is 1. The third-order valence-electron chi connectivity index (χ3n) is 5.63. The minimum atomic E-state index is -0.396. The number of nitrogens with zero attached hydrogens (tertiary/aromatic N) is 5. The second-order valence-electron chi connectivity index (χ2n) is 8.06. The maximum atomic E-state index is 13.6. The van der Waals surface area contributed by atoms with Gasteiger partial charge < -0.3 is 14.4 Å². The van der Waals surface area contributed by atoms with Crippen LogP contribution in [-0.2, 0) is 0 Å². The summed E-state index contributed by atoms with van der Waals surface area (Å²) < 4.78 is 25.1. The van der Waals surface area contributed by atoms with Crippen molar-refractivity contribution in [3.8, 4) is 23.4 Å². The monoisotopic (exact) mass is 471 g/mol. The van der Waals surface area contributed by atoms with Gasteiger partial charge in [0.1, 0.15) is 23.0 Å². The lowest BCUT2D eigenvalue weighted by Crippen LogP contribution is -2.39. The lowest BCUT2D eigenvalue weighted by atomic mass is 9.94. The number of rotatable bonds is 6. The van der Waals surface area contributed by atoms with Crippen LogP contribution < -0.4 is 9.47 Å². The molecule has 0 aliphatic carbocycles. The topological polar surface area (TPSA) is 90.3 Å². The summed E-state index contributed by atoms with van der Waals surface area (Å²) in [6.07, 6.45) is 7.94. The maximum Gasteiger partial charge on any atom is 0.321 e. The average Bonchev–Trinajstić information content (AvgIpc) is 2.89. The van der Waals surface area contributed by atoms with Crippen LogP contribution in [0, 0.1) is 5.82 Å². The smallest absolute Gasteiger partial charge is 0.321 e. The van der Waals surface area contributed by atoms with Crippen molar-refractivity contribution in [3.05, 3.63) is 96.5 Å². The number of hydrogen-bond donors (Lipinski definition) is 0. The highest BCUT2D eigenvalue weighted by atomic mass is 19.1. The van der Waals surface area contributed by atoms with Crippen molar-refractivity contribution in [3.63, 3.8) is 0 Å². The van der Waals surface area contributed by atoms with E-state index in [0.717, 1.165) is 12.8 Å². The van der Waals surface area contributed by atoms with Gasteiger partial charge >= 0.3 is 6.01 Å². The Bertz CT molecular complexity index is 1320. The molecule has 5 rings (SSSR count). The van der Waals surface area contributed by atoms with E-state index >= 15 is 0 Å². The predicted molar refractivity (Wildman–Crippen MR) is 125 cm³/mol. The molecule has 1 saturated heterocycles. The summed E-state index contributed by atoms with van der Waals surface area (Å²) in [5.41, 5.74) is 1.15. The number of likely N-dealkylation sites (tertiary alicyclic amines) is 1. The molecule has 9 heteroatoms. The van der Waals surface area contributed by atoms with E-state index in [0.29, 0.717) is 41.7 Å². The van der Waals surface area contributed by atoms with E-state index < -0.39 is 5.82 Å². The van der Waals surface area contributed by atoms with Crippen molar-refractivity contribution in [2.75, 3.05) is 13.1 Å². The van der Waals surface area contributed by atoms with Gasteiger partial charge in [0, 0.05) is 55.4 Å². The minimum Gasteiger partial charge on any atom is -0.437 e. The molecule has 0 saturated carbocycles. The highest BCUT2D eigenvalue weighted by Crippen LogP contribution is 2.33. The molecule has 0 bridgehead atoms. The van der Waals surface area contributed by atoms with Crippen molar-refractivity contribution in [2.45, 2.75) is 18.8 Å². The summed E-state index contributed by atoms with van der Waals surface area (Å²) in [7, 11) is 0. The van der Waals surface area contributed by atoms with Gasteiger partial charge in [0.15, 0.2) is 0 Å². The van der Waals surface area contributed by atoms with Crippen LogP contribution in [0.15, 0.2) is 79.4 Å². The van der Waals surface area contributed by atoms with Gasteiger partial charge in [0.25, 0.3) is 5.91 Å². The number of amides is 1. The normalized spacial score (nSPS) is 15.5. The maximum absolute atomic E-state index is 13.6. The summed E-state index contributed by atoms with van der Waals surface area (Å²) in [6, 6.07) is 14.7. The molecule has 35 heavy (non-hydrogen) atoms. The molecule has 2 aromatic heterocycles. The highest BCUT2D eigenvalue weighted by Gasteiger charge is 2.29. The van der Waals surface area contributed by atoms with Crippen LogP contribution in [0.4, 0.5) is 4.39 Å². The summed E-state index contributed by atoms with van der Waals surface area (Å²) in [6.45, 7) is 1.09. The third kappa shape index (κ3) is 5.40. The Hall–Kier alpha value is -4.40. The first-order valence-corrected chi connectivity index (χ1v) is 11.2. The van der Waals surface area contributed by atoms with E-state index in [1.165, 1.54) is 18.3 Å². The lowest BCUT2D eigenvalue weighted by molar-refractivity contribution is 0.0704. The standard InChI is InChI=1S/C26H22FN5O3/c27-20-7-2-9-22(16-20)34-24-23(28-12-13-29-24)19-6-3-14-32(17-19)25(33)18-5-1-8-21(15-18)35-26-30-10-4-11-31-26/h1-2,4-5,7-13,15-16,19H,3,6,14,17H2. The van der Waals surface area contributed by atoms with E-state index in [2.05, 4.69) is 19.9 Å². The van der Waals surface area contributed by atoms with Crippen LogP contribution in [0.2, 0.25) is 0 Å². The largest absolute Gasteiger partial charge is 0.437 e. The fraction of sp³-hybridized carbons (Fsp3) is 0.192. The zero-order valence-corrected chi connectivity index (χ0v) is 18.8. The average molecular weight is 471 g/mol. The molecule has 1 amide bonds. The molecular formula is C26H22FN5O3. The Kier molecular flexibility index (Phi) is 6.56. The molecule has 1 fully saturated rings. The number of hydrogen-bond acceptors (Lipinski definition) is 7. The van der Waals surface area contributed by atoms with E-state index in [4.69, 9.17) is 9.47 Å². The van der Waals surface area contributed by atoms with Gasteiger partial charge in [0.2, 0.25) is 5.88 Å². The third-order valence-corrected chi connectivity index (χ3v) is 5.63. The first-order valence-electron chi connectivity index (χ1n) is 11.2. The summed E-state index contributed by atoms with van der Waals surface area (Å²) in [5.74, 6) is 0.570. The van der Waals surface area contributed by atoms with Crippen LogP contribution in [0.3, 0.4) is 0 Å². The second-order valence-corrected chi connectivity index (χ2v) is 8.06. The zero-order chi connectivity index (χ0) is 24.0. The van der Waals surface area contributed by atoms with E-state index in [9.17, 15) is 9.18 Å². The van der Waals surface area contributed by atoms with E-state index in [1.807, 2.05) is 0 Å². The Morgan fingerprint density at radius 2 is 1.66 bits per heavy atom. The molecule has 1 aliphatic heterocycles. The quantitative estimate of drug-likeness (QED) is 0.390. The van der Waals surface area contributed by atoms with Gasteiger partial charge in [-0.05, 0) is 49.2 Å². The van der Waals surface area contributed by atoms with Gasteiger partial charge in [-0.25, -0.2) is 19.3 Å². The van der Waals surface area contributed by atoms with Gasteiger partial charge in [-0.1, -0.05) is 12.1 Å². The van der Waals surface area contributed by atoms with Crippen molar-refractivity contribution >= 4 is 5.91 Å². The van der Waals surface area contributed by atoms with Gasteiger partial charge in [-0.15, -0.1) is 0 Å². The molecule has 0 N–H and O–H groups in total. The summed E-state index contributed by atoms with van der Waals surface area (Å²) in [5, 5.41) is 0. The summed E-state index contributed by atoms with van der Waals surface area (Å²) in [4.78, 5) is 32.0. The van der Waals surface area contributed by atoms with Crippen molar-refractivity contribution in [1.29, 1.82) is 0 Å². The van der Waals surface area contributed by atoms with E-state index in [1.54, 1.807) is 66.0 Å². The molecule has 8 nitrogen and oxygen atoms in total. The Labute approximate surface area is 201 Å². The SMILES string of the molecule is O=C(c1cccc(Oc2ncccn2)c1)N1CCCC(c2nccnc2Oc2cccc(F)c2)C1. The Morgan fingerprint density at radius 1 is 0.886 bits per heavy atom. The predicted octanol–water partition coefficient (Wildman–Crippen LogP) is 5.01. The van der Waals surface area contributed by atoms with Gasteiger partial charge in [-0.3, -0.25) is 9.78 Å². The number of carbonyl (C=O) groups is 1. The fourth-order valence-electron chi connectivity index (χ4n) is 4.04. The van der Waals surface area contributed by atoms with Crippen LogP contribution in [0.1, 0.15) is 34.8 Å². The molecular weight excluding hydrogens is 449 g/mol. The molecule has 4 aromatic rings. The summed E-state index contributed by atoms with van der Waals surface area (Å²) >= 11 is 0. The molecule has 0 spiro atoms. The van der Waals surface area contributed by atoms with Crippen LogP contribution >= 0.6 is 0 Å². The Morgan fingerprint density at radius 3 is 2.49 bits per heavy atom. The van der Waals surface area contributed by atoms with Gasteiger partial charge in [0.05, 0.1) is 0 Å². The molecule has 176 valence electrons.